The third-order valence-corrected chi connectivity index (χ3v) is 2.99. The molecule has 78 valence electrons. The molecule has 0 atom stereocenters. The van der Waals surface area contributed by atoms with Gasteiger partial charge in [0.25, 0.3) is 0 Å². The molecule has 1 saturated heterocycles. The summed E-state index contributed by atoms with van der Waals surface area (Å²) in [6.45, 7) is 12.2. The standard InChI is InChI=1S/C11H24N2/c1-3-5-6-7-13-10-8-12(4-2)9-11-13/h3-11H2,1-2H3. The summed E-state index contributed by atoms with van der Waals surface area (Å²) in [5, 5.41) is 0. The first-order valence-corrected chi connectivity index (χ1v) is 5.81. The Hall–Kier alpha value is -0.0800. The summed E-state index contributed by atoms with van der Waals surface area (Å²) in [6, 6.07) is 0. The number of piperazine rings is 1. The van der Waals surface area contributed by atoms with E-state index in [0.717, 1.165) is 0 Å². The van der Waals surface area contributed by atoms with E-state index in [0.29, 0.717) is 0 Å². The maximum Gasteiger partial charge on any atom is 0.0110 e. The fourth-order valence-electron chi connectivity index (χ4n) is 1.91. The number of rotatable bonds is 5. The molecule has 2 nitrogen and oxygen atoms in total. The smallest absolute Gasteiger partial charge is 0.0110 e. The van der Waals surface area contributed by atoms with Crippen LogP contribution in [0.5, 0.6) is 0 Å². The maximum absolute atomic E-state index is 2.61. The molecule has 0 N–H and O–H groups in total. The second kappa shape index (κ2) is 6.39. The Morgan fingerprint density at radius 1 is 0.846 bits per heavy atom. The molecule has 0 spiro atoms. The molecule has 13 heavy (non-hydrogen) atoms. The number of likely N-dealkylation sites (N-methyl/N-ethyl adjacent to an activating group) is 1. The van der Waals surface area contributed by atoms with E-state index in [1.54, 1.807) is 0 Å². The summed E-state index contributed by atoms with van der Waals surface area (Å²) in [6.07, 6.45) is 4.13. The van der Waals surface area contributed by atoms with Crippen molar-refractivity contribution in [3.8, 4) is 0 Å². The third kappa shape index (κ3) is 4.10. The molecule has 0 saturated carbocycles. The zero-order valence-corrected chi connectivity index (χ0v) is 9.26. The van der Waals surface area contributed by atoms with Crippen LogP contribution in [0.3, 0.4) is 0 Å². The van der Waals surface area contributed by atoms with Crippen LogP contribution in [0.25, 0.3) is 0 Å². The van der Waals surface area contributed by atoms with Gasteiger partial charge in [0.2, 0.25) is 0 Å². The highest BCUT2D eigenvalue weighted by atomic mass is 15.3. The molecular weight excluding hydrogens is 160 g/mol. The molecule has 1 aliphatic rings. The summed E-state index contributed by atoms with van der Waals surface area (Å²) >= 11 is 0. The topological polar surface area (TPSA) is 6.48 Å². The highest BCUT2D eigenvalue weighted by molar-refractivity contribution is 4.70. The molecule has 0 radical (unpaired) electrons. The van der Waals surface area contributed by atoms with E-state index >= 15 is 0 Å². The lowest BCUT2D eigenvalue weighted by atomic mass is 10.2. The van der Waals surface area contributed by atoms with Crippen molar-refractivity contribution in [2.45, 2.75) is 33.1 Å². The lowest BCUT2D eigenvalue weighted by Gasteiger charge is -2.33. The number of hydrogen-bond acceptors (Lipinski definition) is 2. The van der Waals surface area contributed by atoms with Crippen molar-refractivity contribution in [1.29, 1.82) is 0 Å². The van der Waals surface area contributed by atoms with Gasteiger partial charge in [0.05, 0.1) is 0 Å². The van der Waals surface area contributed by atoms with E-state index in [1.807, 2.05) is 0 Å². The largest absolute Gasteiger partial charge is 0.301 e. The SMILES string of the molecule is CCCCCN1CCN(CC)CC1. The van der Waals surface area contributed by atoms with Crippen molar-refractivity contribution in [2.24, 2.45) is 0 Å². The van der Waals surface area contributed by atoms with Gasteiger partial charge in [-0.05, 0) is 19.5 Å². The van der Waals surface area contributed by atoms with Crippen LogP contribution in [-0.2, 0) is 0 Å². The van der Waals surface area contributed by atoms with Crippen LogP contribution in [0, 0.1) is 0 Å². The van der Waals surface area contributed by atoms with Crippen LogP contribution in [0.4, 0.5) is 0 Å². The van der Waals surface area contributed by atoms with Crippen LogP contribution in [0.2, 0.25) is 0 Å². The Labute approximate surface area is 82.9 Å². The molecule has 0 aromatic rings. The number of hydrogen-bond donors (Lipinski definition) is 0. The van der Waals surface area contributed by atoms with E-state index in [9.17, 15) is 0 Å². The number of nitrogens with zero attached hydrogens (tertiary/aromatic N) is 2. The number of unbranched alkanes of at least 4 members (excludes halogenated alkanes) is 2. The Morgan fingerprint density at radius 3 is 2.00 bits per heavy atom. The molecular formula is C11H24N2. The summed E-state index contributed by atoms with van der Waals surface area (Å²) in [5.74, 6) is 0. The second-order valence-corrected chi connectivity index (χ2v) is 3.98. The van der Waals surface area contributed by atoms with Crippen LogP contribution >= 0.6 is 0 Å². The minimum absolute atomic E-state index is 1.23. The lowest BCUT2D eigenvalue weighted by molar-refractivity contribution is 0.135. The molecule has 0 aliphatic carbocycles. The van der Waals surface area contributed by atoms with Crippen molar-refractivity contribution in [2.75, 3.05) is 39.3 Å². The Kier molecular flexibility index (Phi) is 5.40. The predicted molar refractivity (Wildman–Crippen MR) is 58.1 cm³/mol. The van der Waals surface area contributed by atoms with Crippen molar-refractivity contribution in [1.82, 2.24) is 9.80 Å². The molecule has 0 amide bonds. The first-order chi connectivity index (χ1) is 6.36. The summed E-state index contributed by atoms with van der Waals surface area (Å²) < 4.78 is 0. The Bertz CT molecular complexity index is 115. The van der Waals surface area contributed by atoms with Crippen LogP contribution < -0.4 is 0 Å². The third-order valence-electron chi connectivity index (χ3n) is 2.99. The second-order valence-electron chi connectivity index (χ2n) is 3.98. The summed E-state index contributed by atoms with van der Waals surface area (Å²) in [4.78, 5) is 5.15. The van der Waals surface area contributed by atoms with Gasteiger partial charge in [-0.1, -0.05) is 26.7 Å². The highest BCUT2D eigenvalue weighted by Crippen LogP contribution is 2.03. The average Bonchev–Trinajstić information content (AvgIpc) is 2.19. The van der Waals surface area contributed by atoms with Crippen molar-refractivity contribution >= 4 is 0 Å². The van der Waals surface area contributed by atoms with Crippen molar-refractivity contribution in [3.05, 3.63) is 0 Å². The molecule has 0 aromatic heterocycles. The Balaban J connectivity index is 2.03. The zero-order valence-electron chi connectivity index (χ0n) is 9.26. The molecule has 1 rings (SSSR count). The van der Waals surface area contributed by atoms with Gasteiger partial charge in [-0.25, -0.2) is 0 Å². The van der Waals surface area contributed by atoms with Gasteiger partial charge >= 0.3 is 0 Å². The molecule has 2 heteroatoms. The van der Waals surface area contributed by atoms with Crippen molar-refractivity contribution in [3.63, 3.8) is 0 Å². The van der Waals surface area contributed by atoms with Gasteiger partial charge < -0.3 is 9.80 Å². The van der Waals surface area contributed by atoms with Gasteiger partial charge in [0.1, 0.15) is 0 Å². The molecule has 1 heterocycles. The van der Waals surface area contributed by atoms with Crippen LogP contribution in [0.15, 0.2) is 0 Å². The predicted octanol–water partition coefficient (Wildman–Crippen LogP) is 1.81. The Morgan fingerprint density at radius 2 is 1.46 bits per heavy atom. The van der Waals surface area contributed by atoms with E-state index in [2.05, 4.69) is 23.6 Å². The van der Waals surface area contributed by atoms with Gasteiger partial charge in [-0.15, -0.1) is 0 Å². The minimum atomic E-state index is 1.23. The van der Waals surface area contributed by atoms with Crippen LogP contribution in [-0.4, -0.2) is 49.1 Å². The van der Waals surface area contributed by atoms with Crippen LogP contribution in [0.1, 0.15) is 33.1 Å². The highest BCUT2D eigenvalue weighted by Gasteiger charge is 2.13. The van der Waals surface area contributed by atoms with Gasteiger partial charge in [0, 0.05) is 26.2 Å². The van der Waals surface area contributed by atoms with E-state index in [4.69, 9.17) is 0 Å². The van der Waals surface area contributed by atoms with Gasteiger partial charge in [-0.2, -0.15) is 0 Å². The van der Waals surface area contributed by atoms with E-state index < -0.39 is 0 Å². The first kappa shape index (κ1) is 11.0. The molecule has 0 bridgehead atoms. The normalized spacial score (nSPS) is 20.8. The average molecular weight is 184 g/mol. The zero-order chi connectivity index (χ0) is 9.52. The van der Waals surface area contributed by atoms with Gasteiger partial charge in [-0.3, -0.25) is 0 Å². The quantitative estimate of drug-likeness (QED) is 0.601. The molecule has 0 unspecified atom stereocenters. The molecule has 1 aliphatic heterocycles. The summed E-state index contributed by atoms with van der Waals surface area (Å²) in [7, 11) is 0. The lowest BCUT2D eigenvalue weighted by Crippen LogP contribution is -2.46. The van der Waals surface area contributed by atoms with E-state index in [1.165, 1.54) is 58.5 Å². The maximum atomic E-state index is 2.61. The fourth-order valence-corrected chi connectivity index (χ4v) is 1.91. The van der Waals surface area contributed by atoms with Crippen molar-refractivity contribution < 1.29 is 0 Å². The van der Waals surface area contributed by atoms with Gasteiger partial charge in [0.15, 0.2) is 0 Å². The molecule has 0 aromatic carbocycles. The fraction of sp³-hybridized carbons (Fsp3) is 1.00. The monoisotopic (exact) mass is 184 g/mol. The first-order valence-electron chi connectivity index (χ1n) is 5.81. The molecule has 1 fully saturated rings. The minimum Gasteiger partial charge on any atom is -0.301 e. The van der Waals surface area contributed by atoms with E-state index in [-0.39, 0.29) is 0 Å². The summed E-state index contributed by atoms with van der Waals surface area (Å²) in [5.41, 5.74) is 0.